The highest BCUT2D eigenvalue weighted by atomic mass is 32.3. The molecule has 7 aliphatic rings. The molecule has 0 unspecified atom stereocenters. The Hall–Kier alpha value is 1.76. The van der Waals surface area contributed by atoms with Gasteiger partial charge in [-0.1, -0.05) is 84.4 Å². The predicted octanol–water partition coefficient (Wildman–Crippen LogP) is 8.56. The van der Waals surface area contributed by atoms with Gasteiger partial charge in [0.2, 0.25) is 0 Å². The zero-order chi connectivity index (χ0) is 16.8. The van der Waals surface area contributed by atoms with Crippen molar-refractivity contribution < 1.29 is 0 Å². The number of hydrogen-bond donors (Lipinski definition) is 0. The first-order valence-corrected chi connectivity index (χ1v) is 15.2. The van der Waals surface area contributed by atoms with Gasteiger partial charge in [0.1, 0.15) is 0 Å². The van der Waals surface area contributed by atoms with Gasteiger partial charge in [-0.15, -0.1) is 23.5 Å². The lowest BCUT2D eigenvalue weighted by Gasteiger charge is -2.58. The van der Waals surface area contributed by atoms with E-state index in [1.165, 1.54) is 24.3 Å². The van der Waals surface area contributed by atoms with E-state index in [9.17, 15) is 0 Å². The van der Waals surface area contributed by atoms with E-state index in [4.69, 9.17) is 0 Å². The van der Waals surface area contributed by atoms with Crippen LogP contribution in [0.1, 0.15) is 26.7 Å². The van der Waals surface area contributed by atoms with Crippen LogP contribution in [0.3, 0.4) is 0 Å². The molecule has 4 aliphatic heterocycles. The third-order valence-corrected chi connectivity index (χ3v) is 17.9. The van der Waals surface area contributed by atoms with Crippen LogP contribution >= 0.6 is 94.1 Å². The molecule has 25 heavy (non-hydrogen) atoms. The SMILES string of the molecule is CC1(C)[C@H]2CC3=C(SC4=C(S3)SC(=C3SC5=C(SCCS5)S3)S4)[C@@H]1C2. The summed E-state index contributed by atoms with van der Waals surface area (Å²) in [4.78, 5) is 3.43. The summed E-state index contributed by atoms with van der Waals surface area (Å²) in [7, 11) is 0. The second-order valence-electron chi connectivity index (χ2n) is 7.33. The molecule has 132 valence electrons. The topological polar surface area (TPSA) is 0 Å². The minimum Gasteiger partial charge on any atom is -0.116 e. The molecule has 2 atom stereocenters. The molecule has 0 amide bonds. The van der Waals surface area contributed by atoms with Crippen LogP contribution < -0.4 is 0 Å². The zero-order valence-corrected chi connectivity index (χ0v) is 20.3. The maximum atomic E-state index is 2.49. The minimum atomic E-state index is 0.538. The standard InChI is InChI=1S/C17H16S8/c1-17(2)7-5-8(17)10-9(6-7)20-13-14(21-10)25-16(24-13)15-22-11-12(23-15)19-4-3-18-11/h7-8H,3-6H2,1-2H3/t7-,8+/m1/s1. The highest BCUT2D eigenvalue weighted by molar-refractivity contribution is 8.46. The molecule has 0 aromatic rings. The second kappa shape index (κ2) is 6.38. The average molecular weight is 477 g/mol. The van der Waals surface area contributed by atoms with Gasteiger partial charge >= 0.3 is 0 Å². The van der Waals surface area contributed by atoms with E-state index in [1.54, 1.807) is 35.2 Å². The molecule has 0 saturated heterocycles. The van der Waals surface area contributed by atoms with E-state index in [2.05, 4.69) is 84.4 Å². The average Bonchev–Trinajstić information content (AvgIpc) is 3.22. The lowest BCUT2D eigenvalue weighted by molar-refractivity contribution is -0.000905. The monoisotopic (exact) mass is 476 g/mol. The van der Waals surface area contributed by atoms with Crippen LogP contribution in [-0.2, 0) is 0 Å². The Balaban J connectivity index is 1.23. The van der Waals surface area contributed by atoms with Gasteiger partial charge < -0.3 is 0 Å². The summed E-state index contributed by atoms with van der Waals surface area (Å²) in [6.07, 6.45) is 2.77. The van der Waals surface area contributed by atoms with Crippen LogP contribution in [-0.4, -0.2) is 11.5 Å². The lowest BCUT2D eigenvalue weighted by atomic mass is 9.51. The van der Waals surface area contributed by atoms with Crippen LogP contribution in [0.4, 0.5) is 0 Å². The van der Waals surface area contributed by atoms with Gasteiger partial charge in [-0.05, 0) is 30.1 Å². The van der Waals surface area contributed by atoms with Gasteiger partial charge in [0.05, 0.1) is 25.4 Å². The highest BCUT2D eigenvalue weighted by Gasteiger charge is 2.55. The van der Waals surface area contributed by atoms with Crippen molar-refractivity contribution in [3.63, 3.8) is 0 Å². The summed E-state index contributed by atoms with van der Waals surface area (Å²) in [5.74, 6) is 4.30. The molecule has 8 heteroatoms. The first-order valence-electron chi connectivity index (χ1n) is 8.38. The largest absolute Gasteiger partial charge is 0.116 e. The fourth-order valence-corrected chi connectivity index (χ4v) is 16.8. The Morgan fingerprint density at radius 3 is 1.92 bits per heavy atom. The van der Waals surface area contributed by atoms with Gasteiger partial charge in [-0.25, -0.2) is 0 Å². The Bertz CT molecular complexity index is 795. The van der Waals surface area contributed by atoms with E-state index >= 15 is 0 Å². The van der Waals surface area contributed by atoms with Gasteiger partial charge in [-0.3, -0.25) is 0 Å². The first-order chi connectivity index (χ1) is 12.1. The van der Waals surface area contributed by atoms with Crippen LogP contribution in [0.25, 0.3) is 0 Å². The fourth-order valence-electron chi connectivity index (χ4n) is 4.04. The van der Waals surface area contributed by atoms with Crippen molar-refractivity contribution in [2.45, 2.75) is 26.7 Å². The molecule has 1 saturated carbocycles. The van der Waals surface area contributed by atoms with E-state index in [0.717, 1.165) is 11.8 Å². The molecule has 0 aromatic carbocycles. The van der Waals surface area contributed by atoms with Crippen LogP contribution in [0.5, 0.6) is 0 Å². The summed E-state index contributed by atoms with van der Waals surface area (Å²) in [5, 5.41) is 0. The number of hydrogen-bond acceptors (Lipinski definition) is 8. The van der Waals surface area contributed by atoms with Crippen LogP contribution in [0.2, 0.25) is 0 Å². The Labute approximate surface area is 183 Å². The molecule has 2 bridgehead atoms. The van der Waals surface area contributed by atoms with E-state index in [0.29, 0.717) is 5.41 Å². The van der Waals surface area contributed by atoms with E-state index in [1.807, 2.05) is 23.5 Å². The number of allylic oxidation sites excluding steroid dienone is 2. The number of rotatable bonds is 0. The Kier molecular flexibility index (Phi) is 4.49. The van der Waals surface area contributed by atoms with E-state index < -0.39 is 0 Å². The molecule has 0 N–H and O–H groups in total. The van der Waals surface area contributed by atoms with Crippen molar-refractivity contribution in [3.05, 3.63) is 35.2 Å². The molecular formula is C17H16S8. The Morgan fingerprint density at radius 2 is 1.28 bits per heavy atom. The third kappa shape index (κ3) is 2.75. The van der Waals surface area contributed by atoms with Gasteiger partial charge in [-0.2, -0.15) is 0 Å². The molecule has 4 heterocycles. The molecule has 3 aliphatic carbocycles. The summed E-state index contributed by atoms with van der Waals surface area (Å²) < 4.78 is 9.36. The van der Waals surface area contributed by atoms with Crippen molar-refractivity contribution >= 4 is 94.1 Å². The third-order valence-electron chi connectivity index (χ3n) is 5.70. The zero-order valence-electron chi connectivity index (χ0n) is 13.7. The minimum absolute atomic E-state index is 0.538. The maximum absolute atomic E-state index is 2.49. The Morgan fingerprint density at radius 1 is 0.720 bits per heavy atom. The molecule has 0 aromatic heterocycles. The van der Waals surface area contributed by atoms with Crippen LogP contribution in [0.15, 0.2) is 35.2 Å². The smallest absolute Gasteiger partial charge is 0.0718 e. The summed E-state index contributed by atoms with van der Waals surface area (Å²) in [6.45, 7) is 4.98. The number of thioether (sulfide) groups is 8. The predicted molar refractivity (Wildman–Crippen MR) is 129 cm³/mol. The van der Waals surface area contributed by atoms with Crippen molar-refractivity contribution in [1.29, 1.82) is 0 Å². The van der Waals surface area contributed by atoms with Crippen molar-refractivity contribution in [1.82, 2.24) is 0 Å². The quantitative estimate of drug-likeness (QED) is 0.336. The summed E-state index contributed by atoms with van der Waals surface area (Å²) >= 11 is 16.5. The van der Waals surface area contributed by atoms with Crippen molar-refractivity contribution in [3.8, 4) is 0 Å². The summed E-state index contributed by atoms with van der Waals surface area (Å²) in [6, 6.07) is 0. The second-order valence-corrected chi connectivity index (χ2v) is 17.3. The maximum Gasteiger partial charge on any atom is 0.0718 e. The lowest BCUT2D eigenvalue weighted by Crippen LogP contribution is -2.48. The van der Waals surface area contributed by atoms with Crippen molar-refractivity contribution in [2.75, 3.05) is 11.5 Å². The summed E-state index contributed by atoms with van der Waals surface area (Å²) in [5.41, 5.74) is 0.538. The van der Waals surface area contributed by atoms with E-state index in [-0.39, 0.29) is 0 Å². The molecule has 0 radical (unpaired) electrons. The van der Waals surface area contributed by atoms with Gasteiger partial charge in [0.15, 0.2) is 0 Å². The van der Waals surface area contributed by atoms with Gasteiger partial charge in [0, 0.05) is 21.3 Å². The van der Waals surface area contributed by atoms with Crippen LogP contribution in [0, 0.1) is 17.3 Å². The molecule has 0 spiro atoms. The molecule has 1 fully saturated rings. The fraction of sp³-hybridized carbons (Fsp3) is 0.529. The van der Waals surface area contributed by atoms with Gasteiger partial charge in [0.25, 0.3) is 0 Å². The molecule has 0 nitrogen and oxygen atoms in total. The molecule has 7 rings (SSSR count). The highest BCUT2D eigenvalue weighted by Crippen LogP contribution is 2.74. The first kappa shape index (κ1) is 17.6. The normalized spacial score (nSPS) is 35.8. The molecular weight excluding hydrogens is 461 g/mol. The van der Waals surface area contributed by atoms with Crippen molar-refractivity contribution in [2.24, 2.45) is 17.3 Å².